The molecule has 0 saturated heterocycles. The van der Waals surface area contributed by atoms with Crippen molar-refractivity contribution >= 4 is 11.6 Å². The number of nitrogens with one attached hydrogen (secondary N) is 1. The van der Waals surface area contributed by atoms with Crippen molar-refractivity contribution in [3.63, 3.8) is 0 Å². The monoisotopic (exact) mass is 282 g/mol. The van der Waals surface area contributed by atoms with E-state index in [-0.39, 0.29) is 5.91 Å². The van der Waals surface area contributed by atoms with Crippen LogP contribution >= 0.6 is 0 Å². The Hall–Kier alpha value is -2.13. The quantitative estimate of drug-likeness (QED) is 0.881. The molecular formula is C18H22N2O. The van der Waals surface area contributed by atoms with E-state index in [0.717, 1.165) is 35.2 Å². The Balaban J connectivity index is 2.30. The number of aryl methyl sites for hydroxylation is 2. The highest BCUT2D eigenvalue weighted by Gasteiger charge is 2.11. The van der Waals surface area contributed by atoms with Crippen molar-refractivity contribution in [2.75, 3.05) is 5.32 Å². The lowest BCUT2D eigenvalue weighted by Crippen LogP contribution is -2.15. The molecule has 0 aromatic heterocycles. The maximum atomic E-state index is 12.5. The van der Waals surface area contributed by atoms with Crippen LogP contribution in [-0.2, 0) is 19.4 Å². The molecule has 2 aromatic rings. The molecule has 2 aromatic carbocycles. The Kier molecular flexibility index (Phi) is 5.12. The fourth-order valence-electron chi connectivity index (χ4n) is 2.43. The summed E-state index contributed by atoms with van der Waals surface area (Å²) < 4.78 is 0. The molecule has 0 aliphatic heterocycles. The van der Waals surface area contributed by atoms with Gasteiger partial charge in [-0.1, -0.05) is 44.2 Å². The summed E-state index contributed by atoms with van der Waals surface area (Å²) >= 11 is 0. The molecule has 3 N–H and O–H groups in total. The van der Waals surface area contributed by atoms with E-state index in [1.54, 1.807) is 0 Å². The topological polar surface area (TPSA) is 55.1 Å². The molecule has 0 unspecified atom stereocenters. The van der Waals surface area contributed by atoms with E-state index in [0.29, 0.717) is 12.1 Å². The smallest absolute Gasteiger partial charge is 0.255 e. The summed E-state index contributed by atoms with van der Waals surface area (Å²) in [5.74, 6) is -0.0825. The van der Waals surface area contributed by atoms with Gasteiger partial charge in [0.25, 0.3) is 5.91 Å². The van der Waals surface area contributed by atoms with Crippen molar-refractivity contribution in [2.45, 2.75) is 33.2 Å². The van der Waals surface area contributed by atoms with Crippen LogP contribution in [0.1, 0.15) is 40.9 Å². The highest BCUT2D eigenvalue weighted by molar-refractivity contribution is 6.05. The van der Waals surface area contributed by atoms with E-state index in [2.05, 4.69) is 31.3 Å². The lowest BCUT2D eigenvalue weighted by atomic mass is 10.0. The van der Waals surface area contributed by atoms with Gasteiger partial charge in [0.2, 0.25) is 0 Å². The number of amides is 1. The predicted molar refractivity (Wildman–Crippen MR) is 87.5 cm³/mol. The molecule has 0 aliphatic rings. The molecule has 0 heterocycles. The second kappa shape index (κ2) is 7.04. The third-order valence-corrected chi connectivity index (χ3v) is 3.66. The number of hydrogen-bond acceptors (Lipinski definition) is 2. The minimum atomic E-state index is -0.0825. The van der Waals surface area contributed by atoms with Gasteiger partial charge in [0.15, 0.2) is 0 Å². The van der Waals surface area contributed by atoms with E-state index >= 15 is 0 Å². The van der Waals surface area contributed by atoms with E-state index in [9.17, 15) is 4.79 Å². The third kappa shape index (κ3) is 3.50. The molecule has 0 radical (unpaired) electrons. The second-order valence-electron chi connectivity index (χ2n) is 5.02. The minimum absolute atomic E-state index is 0.0825. The molecule has 21 heavy (non-hydrogen) atoms. The van der Waals surface area contributed by atoms with Crippen LogP contribution in [0.3, 0.4) is 0 Å². The number of benzene rings is 2. The first kappa shape index (κ1) is 15.3. The van der Waals surface area contributed by atoms with Crippen LogP contribution in [0, 0.1) is 0 Å². The molecule has 3 nitrogen and oxygen atoms in total. The standard InChI is InChI=1S/C18H22N2O/c1-3-14-8-6-9-15(4-2)17(14)20-18(21)16-10-5-7-13(11-16)12-19/h5-11H,3-4,12,19H2,1-2H3,(H,20,21). The van der Waals surface area contributed by atoms with Crippen LogP contribution in [-0.4, -0.2) is 5.91 Å². The van der Waals surface area contributed by atoms with Crippen molar-refractivity contribution in [3.05, 3.63) is 64.7 Å². The van der Waals surface area contributed by atoms with Crippen molar-refractivity contribution in [1.82, 2.24) is 0 Å². The van der Waals surface area contributed by atoms with E-state index in [1.165, 1.54) is 0 Å². The van der Waals surface area contributed by atoms with E-state index in [4.69, 9.17) is 5.73 Å². The number of anilines is 1. The average Bonchev–Trinajstić information content (AvgIpc) is 2.54. The van der Waals surface area contributed by atoms with Gasteiger partial charge in [-0.3, -0.25) is 4.79 Å². The SMILES string of the molecule is CCc1cccc(CC)c1NC(=O)c1cccc(CN)c1. The molecular weight excluding hydrogens is 260 g/mol. The summed E-state index contributed by atoms with van der Waals surface area (Å²) in [6.45, 7) is 4.63. The Morgan fingerprint density at radius 3 is 2.24 bits per heavy atom. The number of hydrogen-bond donors (Lipinski definition) is 2. The summed E-state index contributed by atoms with van der Waals surface area (Å²) in [5.41, 5.74) is 10.5. The van der Waals surface area contributed by atoms with Crippen LogP contribution in [0.5, 0.6) is 0 Å². The van der Waals surface area contributed by atoms with Crippen LogP contribution in [0.15, 0.2) is 42.5 Å². The molecule has 3 heteroatoms. The average molecular weight is 282 g/mol. The number of rotatable bonds is 5. The third-order valence-electron chi connectivity index (χ3n) is 3.66. The lowest BCUT2D eigenvalue weighted by molar-refractivity contribution is 0.102. The Morgan fingerprint density at radius 1 is 1.05 bits per heavy atom. The summed E-state index contributed by atoms with van der Waals surface area (Å²) in [6.07, 6.45) is 1.79. The highest BCUT2D eigenvalue weighted by Crippen LogP contribution is 2.23. The van der Waals surface area contributed by atoms with Crippen molar-refractivity contribution in [3.8, 4) is 0 Å². The first-order valence-electron chi connectivity index (χ1n) is 7.40. The Bertz CT molecular complexity index is 613. The lowest BCUT2D eigenvalue weighted by Gasteiger charge is -2.14. The van der Waals surface area contributed by atoms with Gasteiger partial charge in [0.1, 0.15) is 0 Å². The van der Waals surface area contributed by atoms with Gasteiger partial charge < -0.3 is 11.1 Å². The molecule has 0 spiro atoms. The summed E-state index contributed by atoms with van der Waals surface area (Å²) in [7, 11) is 0. The highest BCUT2D eigenvalue weighted by atomic mass is 16.1. The van der Waals surface area contributed by atoms with Crippen LogP contribution < -0.4 is 11.1 Å². The summed E-state index contributed by atoms with van der Waals surface area (Å²) in [4.78, 5) is 12.5. The molecule has 1 amide bonds. The van der Waals surface area contributed by atoms with Crippen LogP contribution in [0.25, 0.3) is 0 Å². The van der Waals surface area contributed by atoms with Crippen molar-refractivity contribution in [2.24, 2.45) is 5.73 Å². The van der Waals surface area contributed by atoms with Gasteiger partial charge >= 0.3 is 0 Å². The largest absolute Gasteiger partial charge is 0.326 e. The van der Waals surface area contributed by atoms with Gasteiger partial charge in [-0.05, 0) is 41.7 Å². The second-order valence-corrected chi connectivity index (χ2v) is 5.02. The number of carbonyl (C=O) groups is 1. The molecule has 0 aliphatic carbocycles. The molecule has 110 valence electrons. The van der Waals surface area contributed by atoms with Crippen LogP contribution in [0.2, 0.25) is 0 Å². The van der Waals surface area contributed by atoms with E-state index in [1.807, 2.05) is 30.3 Å². The van der Waals surface area contributed by atoms with Crippen molar-refractivity contribution in [1.29, 1.82) is 0 Å². The van der Waals surface area contributed by atoms with Crippen molar-refractivity contribution < 1.29 is 4.79 Å². The Labute approximate surface area is 126 Å². The predicted octanol–water partition coefficient (Wildman–Crippen LogP) is 3.52. The molecule has 0 saturated carbocycles. The summed E-state index contributed by atoms with van der Waals surface area (Å²) in [6, 6.07) is 13.6. The maximum absolute atomic E-state index is 12.5. The fraction of sp³-hybridized carbons (Fsp3) is 0.278. The summed E-state index contributed by atoms with van der Waals surface area (Å²) in [5, 5.41) is 3.07. The van der Waals surface area contributed by atoms with Gasteiger partial charge in [-0.2, -0.15) is 0 Å². The number of nitrogens with two attached hydrogens (primary N) is 1. The number of para-hydroxylation sites is 1. The number of carbonyl (C=O) groups excluding carboxylic acids is 1. The maximum Gasteiger partial charge on any atom is 0.255 e. The van der Waals surface area contributed by atoms with Gasteiger partial charge in [-0.25, -0.2) is 0 Å². The first-order chi connectivity index (χ1) is 10.2. The van der Waals surface area contributed by atoms with Gasteiger partial charge in [-0.15, -0.1) is 0 Å². The minimum Gasteiger partial charge on any atom is -0.326 e. The van der Waals surface area contributed by atoms with E-state index < -0.39 is 0 Å². The fourth-order valence-corrected chi connectivity index (χ4v) is 2.43. The van der Waals surface area contributed by atoms with Gasteiger partial charge in [0.05, 0.1) is 0 Å². The van der Waals surface area contributed by atoms with Gasteiger partial charge in [0, 0.05) is 17.8 Å². The zero-order chi connectivity index (χ0) is 15.2. The molecule has 0 bridgehead atoms. The Morgan fingerprint density at radius 2 is 1.67 bits per heavy atom. The van der Waals surface area contributed by atoms with Crippen LogP contribution in [0.4, 0.5) is 5.69 Å². The molecule has 2 rings (SSSR count). The zero-order valence-electron chi connectivity index (χ0n) is 12.6. The first-order valence-corrected chi connectivity index (χ1v) is 7.40. The zero-order valence-corrected chi connectivity index (χ0v) is 12.6. The molecule has 0 atom stereocenters. The molecule has 0 fully saturated rings. The normalized spacial score (nSPS) is 10.4.